The van der Waals surface area contributed by atoms with Crippen LogP contribution in [-0.2, 0) is 16.8 Å². The molecule has 0 aliphatic carbocycles. The molecule has 0 saturated heterocycles. The van der Waals surface area contributed by atoms with E-state index in [-0.39, 0.29) is 12.4 Å². The maximum absolute atomic E-state index is 11.7. The summed E-state index contributed by atoms with van der Waals surface area (Å²) in [4.78, 5) is 0. The largest absolute Gasteiger partial charge is 1.00 e. The fraction of sp³-hybridized carbons (Fsp3) is 0.375. The van der Waals surface area contributed by atoms with Gasteiger partial charge in [-0.3, -0.25) is 0 Å². The van der Waals surface area contributed by atoms with Crippen LogP contribution in [0, 0.1) is 0 Å². The van der Waals surface area contributed by atoms with Gasteiger partial charge in [-0.25, -0.2) is 4.57 Å². The number of halogens is 2. The van der Waals surface area contributed by atoms with Crippen molar-refractivity contribution in [2.45, 2.75) is 6.54 Å². The molecule has 1 aromatic rings. The summed E-state index contributed by atoms with van der Waals surface area (Å²) in [5.41, 5.74) is 1.39. The fourth-order valence-electron chi connectivity index (χ4n) is 0.969. The van der Waals surface area contributed by atoms with Gasteiger partial charge in [0.05, 0.1) is 0 Å². The number of hydrogen-bond donors (Lipinski definition) is 0. The molecule has 0 N–H and O–H groups in total. The molecule has 8 heteroatoms. The third-order valence-corrected chi connectivity index (χ3v) is 3.65. The number of imidazole rings is 1. The van der Waals surface area contributed by atoms with Crippen molar-refractivity contribution < 1.29 is 25.4 Å². The molecule has 1 heterocycles. The van der Waals surface area contributed by atoms with Crippen LogP contribution in [0.1, 0.15) is 0 Å². The minimum atomic E-state index is -3.41. The van der Waals surface area contributed by atoms with Gasteiger partial charge < -0.3 is 12.4 Å². The summed E-state index contributed by atoms with van der Waals surface area (Å²) in [6.07, 6.45) is 6.36. The number of rotatable bonds is 4. The van der Waals surface area contributed by atoms with Gasteiger partial charge in [0.15, 0.2) is 0 Å². The fourth-order valence-corrected chi connectivity index (χ4v) is 1.87. The lowest BCUT2D eigenvalue weighted by Crippen LogP contribution is -3.00. The summed E-state index contributed by atoms with van der Waals surface area (Å²) in [5.74, 6) is 0. The molecule has 0 bridgehead atoms. The van der Waals surface area contributed by atoms with E-state index in [0.29, 0.717) is 6.54 Å². The Labute approximate surface area is 107 Å². The molecule has 0 atom stereocenters. The van der Waals surface area contributed by atoms with E-state index in [1.807, 2.05) is 0 Å². The van der Waals surface area contributed by atoms with E-state index in [9.17, 15) is 8.42 Å². The van der Waals surface area contributed by atoms with Gasteiger partial charge in [-0.2, -0.15) is 12.7 Å². The molecule has 5 nitrogen and oxygen atoms in total. The van der Waals surface area contributed by atoms with E-state index in [0.717, 1.165) is 8.28 Å². The Kier molecular flexibility index (Phi) is 6.02. The van der Waals surface area contributed by atoms with E-state index < -0.39 is 10.2 Å². The molecule has 0 saturated carbocycles. The first kappa shape index (κ1) is 15.4. The Hall–Kier alpha value is -0.560. The van der Waals surface area contributed by atoms with Crippen LogP contribution in [0.2, 0.25) is 0 Å². The minimum Gasteiger partial charge on any atom is -1.00 e. The molecule has 0 fully saturated rings. The van der Waals surface area contributed by atoms with Gasteiger partial charge in [0.2, 0.25) is 0 Å². The number of aromatic nitrogens is 2. The Morgan fingerprint density at radius 2 is 2.12 bits per heavy atom. The molecule has 1 rings (SSSR count). The van der Waals surface area contributed by atoms with Crippen molar-refractivity contribution in [3.63, 3.8) is 0 Å². The summed E-state index contributed by atoms with van der Waals surface area (Å²) in [6.45, 7) is 0.541. The molecule has 0 aliphatic rings. The molecule has 1 aromatic heterocycles. The third kappa shape index (κ3) is 3.48. The van der Waals surface area contributed by atoms with E-state index in [1.54, 1.807) is 16.8 Å². The first-order valence-electron chi connectivity index (χ1n) is 4.24. The highest BCUT2D eigenvalue weighted by molar-refractivity contribution is 7.87. The standard InChI is InChI=1S/C8H13ClN3O2S.ClH/c1-10(2)15(13,14)12-7-6-11(8-12)5-3-4-9;/h3-4,6-8H,5H2,1-2H3;1H/q+1;/p-1. The van der Waals surface area contributed by atoms with Crippen LogP contribution in [0.3, 0.4) is 0 Å². The molecule has 0 radical (unpaired) electrons. The van der Waals surface area contributed by atoms with Crippen molar-refractivity contribution in [2.75, 3.05) is 14.1 Å². The van der Waals surface area contributed by atoms with E-state index in [2.05, 4.69) is 0 Å². The zero-order chi connectivity index (χ0) is 11.5. The maximum Gasteiger partial charge on any atom is 0.379 e. The minimum absolute atomic E-state index is 0. The Morgan fingerprint density at radius 1 is 1.50 bits per heavy atom. The van der Waals surface area contributed by atoms with Crippen LogP contribution in [0.25, 0.3) is 0 Å². The lowest BCUT2D eigenvalue weighted by atomic mass is 10.6. The summed E-state index contributed by atoms with van der Waals surface area (Å²) < 4.78 is 27.3. The Morgan fingerprint density at radius 3 is 2.62 bits per heavy atom. The molecule has 92 valence electrons. The third-order valence-electron chi connectivity index (χ3n) is 1.80. The molecular formula is C8H13Cl2N3O2S. The van der Waals surface area contributed by atoms with Gasteiger partial charge in [-0.15, -0.1) is 3.97 Å². The Balaban J connectivity index is 0.00000225. The van der Waals surface area contributed by atoms with Gasteiger partial charge in [0.1, 0.15) is 18.9 Å². The van der Waals surface area contributed by atoms with Gasteiger partial charge >= 0.3 is 10.2 Å². The summed E-state index contributed by atoms with van der Waals surface area (Å²) in [5, 5.41) is 0. The molecule has 0 aromatic carbocycles. The van der Waals surface area contributed by atoms with Gasteiger partial charge in [0.25, 0.3) is 6.33 Å². The van der Waals surface area contributed by atoms with Crippen LogP contribution in [-0.4, -0.2) is 30.8 Å². The molecule has 16 heavy (non-hydrogen) atoms. The maximum atomic E-state index is 11.7. The molecule has 0 spiro atoms. The molecule has 0 aliphatic heterocycles. The second kappa shape index (κ2) is 6.24. The van der Waals surface area contributed by atoms with Crippen molar-refractivity contribution in [3.05, 3.63) is 30.3 Å². The average molecular weight is 286 g/mol. The topological polar surface area (TPSA) is 46.2 Å². The predicted molar refractivity (Wildman–Crippen MR) is 57.6 cm³/mol. The molecule has 0 unspecified atom stereocenters. The van der Waals surface area contributed by atoms with E-state index in [4.69, 9.17) is 11.6 Å². The number of hydrogen-bond acceptors (Lipinski definition) is 2. The average Bonchev–Trinajstić information content (AvgIpc) is 2.63. The lowest BCUT2D eigenvalue weighted by Gasteiger charge is -2.05. The highest BCUT2D eigenvalue weighted by Gasteiger charge is 2.21. The van der Waals surface area contributed by atoms with Gasteiger partial charge in [0, 0.05) is 19.6 Å². The summed E-state index contributed by atoms with van der Waals surface area (Å²) in [6, 6.07) is 0. The van der Waals surface area contributed by atoms with Crippen molar-refractivity contribution >= 4 is 21.8 Å². The normalized spacial score (nSPS) is 12.0. The van der Waals surface area contributed by atoms with Crippen molar-refractivity contribution in [1.29, 1.82) is 0 Å². The SMILES string of the molecule is CN(C)S(=O)(=O)n1cc[n+](CC=CCl)c1.[Cl-]. The van der Waals surface area contributed by atoms with Crippen LogP contribution in [0.4, 0.5) is 0 Å². The second-order valence-electron chi connectivity index (χ2n) is 3.09. The van der Waals surface area contributed by atoms with Crippen LogP contribution in [0.5, 0.6) is 0 Å². The van der Waals surface area contributed by atoms with Crippen molar-refractivity contribution in [1.82, 2.24) is 8.28 Å². The van der Waals surface area contributed by atoms with Gasteiger partial charge in [-0.05, 0) is 6.08 Å². The highest BCUT2D eigenvalue weighted by atomic mass is 35.5. The first-order chi connectivity index (χ1) is 6.98. The zero-order valence-electron chi connectivity index (χ0n) is 8.92. The van der Waals surface area contributed by atoms with Crippen LogP contribution in [0.15, 0.2) is 30.3 Å². The summed E-state index contributed by atoms with van der Waals surface area (Å²) >= 11 is 5.37. The van der Waals surface area contributed by atoms with E-state index in [1.165, 1.54) is 32.2 Å². The zero-order valence-corrected chi connectivity index (χ0v) is 11.2. The van der Waals surface area contributed by atoms with E-state index >= 15 is 0 Å². The number of allylic oxidation sites excluding steroid dienone is 1. The van der Waals surface area contributed by atoms with Crippen LogP contribution < -0.4 is 17.0 Å². The van der Waals surface area contributed by atoms with Crippen LogP contribution >= 0.6 is 11.6 Å². The summed E-state index contributed by atoms with van der Waals surface area (Å²) in [7, 11) is -0.440. The molecular weight excluding hydrogens is 273 g/mol. The number of nitrogens with zero attached hydrogens (tertiary/aromatic N) is 3. The quantitative estimate of drug-likeness (QED) is 0.561. The van der Waals surface area contributed by atoms with Crippen molar-refractivity contribution in [3.8, 4) is 0 Å². The smallest absolute Gasteiger partial charge is 0.379 e. The Bertz CT molecular complexity index is 454. The first-order valence-corrected chi connectivity index (χ1v) is 6.07. The monoisotopic (exact) mass is 285 g/mol. The predicted octanol–water partition coefficient (Wildman–Crippen LogP) is -2.81. The lowest BCUT2D eigenvalue weighted by molar-refractivity contribution is -0.685. The van der Waals surface area contributed by atoms with Crippen molar-refractivity contribution in [2.24, 2.45) is 0 Å². The highest BCUT2D eigenvalue weighted by Crippen LogP contribution is 1.98. The van der Waals surface area contributed by atoms with Gasteiger partial charge in [-0.1, -0.05) is 11.6 Å². The second-order valence-corrected chi connectivity index (χ2v) is 5.39. The molecule has 0 amide bonds.